The van der Waals surface area contributed by atoms with Crippen LogP contribution in [0.15, 0.2) is 24.4 Å². The summed E-state index contributed by atoms with van der Waals surface area (Å²) in [4.78, 5) is 29.8. The van der Waals surface area contributed by atoms with Crippen molar-refractivity contribution in [1.82, 2.24) is 19.9 Å². The SMILES string of the molecule is CCN1C(C)(C)CN(c2ccc(NC(=O)c3ncc(C#N)[nH]3)c(C3=CCC(C)(C)CC3)n2)CC1(C)C. The number of anilines is 2. The van der Waals surface area contributed by atoms with Gasteiger partial charge in [0.15, 0.2) is 5.82 Å². The Morgan fingerprint density at radius 3 is 2.42 bits per heavy atom. The molecule has 1 saturated heterocycles. The zero-order chi connectivity index (χ0) is 26.3. The van der Waals surface area contributed by atoms with Gasteiger partial charge in [-0.1, -0.05) is 26.8 Å². The van der Waals surface area contributed by atoms with Gasteiger partial charge in [0.1, 0.15) is 17.6 Å². The van der Waals surface area contributed by atoms with Gasteiger partial charge in [-0.3, -0.25) is 9.69 Å². The molecule has 2 aliphatic rings. The number of hydrogen-bond donors (Lipinski definition) is 2. The number of carbonyl (C=O) groups is 1. The van der Waals surface area contributed by atoms with Crippen molar-refractivity contribution in [2.45, 2.75) is 78.8 Å². The first-order chi connectivity index (χ1) is 16.8. The summed E-state index contributed by atoms with van der Waals surface area (Å²) in [6.45, 7) is 18.7. The van der Waals surface area contributed by atoms with E-state index in [-0.39, 0.29) is 33.9 Å². The van der Waals surface area contributed by atoms with Crippen LogP contribution in [0.4, 0.5) is 11.5 Å². The summed E-state index contributed by atoms with van der Waals surface area (Å²) in [6.07, 6.45) is 6.58. The van der Waals surface area contributed by atoms with E-state index < -0.39 is 0 Å². The number of carbonyl (C=O) groups excluding carboxylic acids is 1. The number of likely N-dealkylation sites (N-methyl/N-ethyl adjacent to an activating group) is 1. The first-order valence-corrected chi connectivity index (χ1v) is 12.8. The van der Waals surface area contributed by atoms with E-state index in [4.69, 9.17) is 10.2 Å². The van der Waals surface area contributed by atoms with Crippen LogP contribution < -0.4 is 10.2 Å². The third-order valence-electron chi connectivity index (χ3n) is 7.57. The molecule has 0 unspecified atom stereocenters. The third-order valence-corrected chi connectivity index (χ3v) is 7.57. The number of pyridine rings is 1. The molecule has 3 heterocycles. The van der Waals surface area contributed by atoms with Crippen molar-refractivity contribution >= 4 is 23.0 Å². The summed E-state index contributed by atoms with van der Waals surface area (Å²) in [5.41, 5.74) is 3.15. The summed E-state index contributed by atoms with van der Waals surface area (Å²) in [6, 6.07) is 5.93. The Morgan fingerprint density at radius 2 is 1.86 bits per heavy atom. The fraction of sp³-hybridized carbons (Fsp3) is 0.571. The van der Waals surface area contributed by atoms with Crippen molar-refractivity contribution < 1.29 is 4.79 Å². The van der Waals surface area contributed by atoms with Crippen LogP contribution in [0.3, 0.4) is 0 Å². The Balaban J connectivity index is 1.70. The molecule has 1 amide bonds. The second kappa shape index (κ2) is 9.36. The van der Waals surface area contributed by atoms with Crippen LogP contribution in [-0.2, 0) is 0 Å². The number of rotatable bonds is 5. The normalized spacial score (nSPS) is 20.9. The fourth-order valence-electron chi connectivity index (χ4n) is 5.94. The smallest absolute Gasteiger partial charge is 0.291 e. The molecule has 0 spiro atoms. The molecule has 2 aromatic rings. The maximum Gasteiger partial charge on any atom is 0.291 e. The van der Waals surface area contributed by atoms with E-state index in [0.717, 1.165) is 56.0 Å². The highest BCUT2D eigenvalue weighted by molar-refractivity contribution is 6.03. The van der Waals surface area contributed by atoms with Crippen LogP contribution in [0.2, 0.25) is 0 Å². The molecule has 0 radical (unpaired) electrons. The minimum Gasteiger partial charge on any atom is -0.353 e. The minimum absolute atomic E-state index is 0.00288. The quantitative estimate of drug-likeness (QED) is 0.597. The number of nitriles is 1. The number of hydrogen-bond acceptors (Lipinski definition) is 6. The van der Waals surface area contributed by atoms with Crippen molar-refractivity contribution in [3.63, 3.8) is 0 Å². The lowest BCUT2D eigenvalue weighted by Gasteiger charge is -2.56. The van der Waals surface area contributed by atoms with Gasteiger partial charge < -0.3 is 15.2 Å². The monoisotopic (exact) mass is 489 g/mol. The fourth-order valence-corrected chi connectivity index (χ4v) is 5.94. The number of allylic oxidation sites excluding steroid dienone is 2. The zero-order valence-corrected chi connectivity index (χ0v) is 22.7. The molecule has 8 nitrogen and oxygen atoms in total. The standard InChI is InChI=1S/C28H39N7O/c1-8-35-27(4,5)17-34(18-28(35,6)7)22-10-9-21(32-25(36)24-30-16-20(15-29)31-24)23(33-22)19-11-13-26(2,3)14-12-19/h9-11,16H,8,12-14,17-18H2,1-7H3,(H,30,31)(H,32,36). The van der Waals surface area contributed by atoms with E-state index in [0.29, 0.717) is 5.69 Å². The van der Waals surface area contributed by atoms with Crippen LogP contribution in [0, 0.1) is 16.7 Å². The van der Waals surface area contributed by atoms with Crippen molar-refractivity contribution in [2.75, 3.05) is 29.9 Å². The van der Waals surface area contributed by atoms with Gasteiger partial charge in [-0.2, -0.15) is 5.26 Å². The molecule has 2 N–H and O–H groups in total. The molecule has 1 aliphatic heterocycles. The van der Waals surface area contributed by atoms with Gasteiger partial charge in [-0.25, -0.2) is 9.97 Å². The topological polar surface area (TPSA) is 101 Å². The Morgan fingerprint density at radius 1 is 1.17 bits per heavy atom. The Kier molecular flexibility index (Phi) is 6.74. The predicted molar refractivity (Wildman–Crippen MR) is 144 cm³/mol. The molecule has 0 aromatic carbocycles. The predicted octanol–water partition coefficient (Wildman–Crippen LogP) is 5.22. The summed E-state index contributed by atoms with van der Waals surface area (Å²) < 4.78 is 0. The van der Waals surface area contributed by atoms with E-state index in [9.17, 15) is 4.79 Å². The summed E-state index contributed by atoms with van der Waals surface area (Å²) in [5, 5.41) is 12.1. The first kappa shape index (κ1) is 25.9. The van der Waals surface area contributed by atoms with Crippen LogP contribution in [0.1, 0.15) is 89.7 Å². The molecule has 4 rings (SSSR count). The highest BCUT2D eigenvalue weighted by Gasteiger charge is 2.44. The highest BCUT2D eigenvalue weighted by Crippen LogP contribution is 2.40. The van der Waals surface area contributed by atoms with E-state index in [1.54, 1.807) is 0 Å². The Labute approximate surface area is 214 Å². The molecule has 1 aliphatic carbocycles. The molecule has 0 atom stereocenters. The number of imidazole rings is 1. The average Bonchev–Trinajstić information content (AvgIpc) is 3.28. The van der Waals surface area contributed by atoms with Gasteiger partial charge in [0.05, 0.1) is 17.6 Å². The van der Waals surface area contributed by atoms with E-state index in [1.807, 2.05) is 18.2 Å². The number of amides is 1. The van der Waals surface area contributed by atoms with E-state index in [1.165, 1.54) is 6.20 Å². The second-order valence-corrected chi connectivity index (χ2v) is 12.1. The van der Waals surface area contributed by atoms with Crippen molar-refractivity contribution in [2.24, 2.45) is 5.41 Å². The van der Waals surface area contributed by atoms with Gasteiger partial charge in [-0.05, 0) is 76.6 Å². The number of piperazine rings is 1. The first-order valence-electron chi connectivity index (χ1n) is 12.8. The summed E-state index contributed by atoms with van der Waals surface area (Å²) in [5.74, 6) is 0.651. The minimum atomic E-state index is -0.386. The van der Waals surface area contributed by atoms with Gasteiger partial charge >= 0.3 is 0 Å². The zero-order valence-electron chi connectivity index (χ0n) is 22.7. The molecule has 2 aromatic heterocycles. The molecule has 36 heavy (non-hydrogen) atoms. The number of H-pyrrole nitrogens is 1. The lowest BCUT2D eigenvalue weighted by Crippen LogP contribution is -2.68. The maximum absolute atomic E-state index is 12.9. The number of nitrogens with one attached hydrogen (secondary N) is 2. The molecule has 0 saturated carbocycles. The van der Waals surface area contributed by atoms with Gasteiger partial charge in [-0.15, -0.1) is 0 Å². The van der Waals surface area contributed by atoms with Crippen LogP contribution in [0.5, 0.6) is 0 Å². The molecule has 0 bridgehead atoms. The Hall–Kier alpha value is -3.18. The molecule has 192 valence electrons. The summed E-state index contributed by atoms with van der Waals surface area (Å²) >= 11 is 0. The largest absolute Gasteiger partial charge is 0.353 e. The van der Waals surface area contributed by atoms with E-state index >= 15 is 0 Å². The van der Waals surface area contributed by atoms with Gasteiger partial charge in [0, 0.05) is 24.2 Å². The van der Waals surface area contributed by atoms with Crippen LogP contribution in [0.25, 0.3) is 5.57 Å². The van der Waals surface area contributed by atoms with Gasteiger partial charge in [0.25, 0.3) is 5.91 Å². The number of aromatic amines is 1. The summed E-state index contributed by atoms with van der Waals surface area (Å²) in [7, 11) is 0. The highest BCUT2D eigenvalue weighted by atomic mass is 16.2. The Bertz CT molecular complexity index is 1200. The van der Waals surface area contributed by atoms with E-state index in [2.05, 4.69) is 79.6 Å². The van der Waals surface area contributed by atoms with Crippen LogP contribution >= 0.6 is 0 Å². The third kappa shape index (κ3) is 5.17. The molecular formula is C28H39N7O. The lowest BCUT2D eigenvalue weighted by atomic mass is 9.77. The van der Waals surface area contributed by atoms with Crippen molar-refractivity contribution in [3.05, 3.63) is 41.6 Å². The number of aromatic nitrogens is 3. The molecular weight excluding hydrogens is 450 g/mol. The molecule has 8 heteroatoms. The average molecular weight is 490 g/mol. The second-order valence-electron chi connectivity index (χ2n) is 12.1. The van der Waals surface area contributed by atoms with Crippen LogP contribution in [-0.4, -0.2) is 56.5 Å². The molecule has 1 fully saturated rings. The number of nitrogens with zero attached hydrogens (tertiary/aromatic N) is 5. The lowest BCUT2D eigenvalue weighted by molar-refractivity contribution is 0.00463. The van der Waals surface area contributed by atoms with Crippen molar-refractivity contribution in [1.29, 1.82) is 5.26 Å². The van der Waals surface area contributed by atoms with Gasteiger partial charge in [0.2, 0.25) is 0 Å². The van der Waals surface area contributed by atoms with Crippen molar-refractivity contribution in [3.8, 4) is 6.07 Å². The maximum atomic E-state index is 12.9.